The Hall–Kier alpha value is -1.52. The SMILES string of the molecule is CC1CC(C)CC(NC(=O)NC2C=CC(C(=O)O)C2)C1. The van der Waals surface area contributed by atoms with Crippen LogP contribution in [0.5, 0.6) is 0 Å². The summed E-state index contributed by atoms with van der Waals surface area (Å²) < 4.78 is 0. The number of amides is 2. The van der Waals surface area contributed by atoms with Crippen LogP contribution >= 0.6 is 0 Å². The number of aliphatic carboxylic acids is 1. The molecular weight excluding hydrogens is 256 g/mol. The summed E-state index contributed by atoms with van der Waals surface area (Å²) in [6.07, 6.45) is 7.14. The minimum atomic E-state index is -0.833. The van der Waals surface area contributed by atoms with Crippen LogP contribution in [0.25, 0.3) is 0 Å². The first kappa shape index (κ1) is 14.9. The summed E-state index contributed by atoms with van der Waals surface area (Å²) >= 11 is 0. The lowest BCUT2D eigenvalue weighted by Gasteiger charge is -2.32. The molecule has 4 unspecified atom stereocenters. The Morgan fingerprint density at radius 2 is 1.65 bits per heavy atom. The predicted molar refractivity (Wildman–Crippen MR) is 76.3 cm³/mol. The van der Waals surface area contributed by atoms with Crippen LogP contribution in [-0.4, -0.2) is 29.2 Å². The summed E-state index contributed by atoms with van der Waals surface area (Å²) in [5, 5.41) is 14.8. The lowest BCUT2D eigenvalue weighted by atomic mass is 9.80. The van der Waals surface area contributed by atoms with Crippen molar-refractivity contribution >= 4 is 12.0 Å². The third-order valence-corrected chi connectivity index (χ3v) is 4.23. The Labute approximate surface area is 119 Å². The average molecular weight is 280 g/mol. The minimum absolute atomic E-state index is 0.172. The topological polar surface area (TPSA) is 78.4 Å². The van der Waals surface area contributed by atoms with Gasteiger partial charge in [0.15, 0.2) is 0 Å². The first-order valence-electron chi connectivity index (χ1n) is 7.42. The van der Waals surface area contributed by atoms with Gasteiger partial charge in [-0.2, -0.15) is 0 Å². The van der Waals surface area contributed by atoms with Crippen LogP contribution in [-0.2, 0) is 4.79 Å². The van der Waals surface area contributed by atoms with Crippen molar-refractivity contribution in [3.05, 3.63) is 12.2 Å². The molecule has 20 heavy (non-hydrogen) atoms. The molecule has 0 aromatic heterocycles. The first-order chi connectivity index (χ1) is 9.44. The lowest BCUT2D eigenvalue weighted by molar-refractivity contribution is -0.140. The molecule has 0 heterocycles. The van der Waals surface area contributed by atoms with E-state index >= 15 is 0 Å². The second-order valence-corrected chi connectivity index (χ2v) is 6.40. The zero-order chi connectivity index (χ0) is 14.7. The van der Waals surface area contributed by atoms with Crippen LogP contribution in [0.1, 0.15) is 39.5 Å². The maximum Gasteiger partial charge on any atom is 0.315 e. The maximum atomic E-state index is 12.0. The Morgan fingerprint density at radius 3 is 2.20 bits per heavy atom. The van der Waals surface area contributed by atoms with Gasteiger partial charge in [0.2, 0.25) is 0 Å². The lowest BCUT2D eigenvalue weighted by Crippen LogP contribution is -2.47. The van der Waals surface area contributed by atoms with Crippen LogP contribution < -0.4 is 10.6 Å². The number of urea groups is 1. The predicted octanol–water partition coefficient (Wildman–Crippen LogP) is 2.14. The van der Waals surface area contributed by atoms with Gasteiger partial charge in [0, 0.05) is 6.04 Å². The normalized spacial score (nSPS) is 36.6. The van der Waals surface area contributed by atoms with Crippen molar-refractivity contribution in [3.63, 3.8) is 0 Å². The van der Waals surface area contributed by atoms with E-state index in [0.717, 1.165) is 12.8 Å². The smallest absolute Gasteiger partial charge is 0.315 e. The van der Waals surface area contributed by atoms with E-state index < -0.39 is 11.9 Å². The third-order valence-electron chi connectivity index (χ3n) is 4.23. The van der Waals surface area contributed by atoms with E-state index in [9.17, 15) is 9.59 Å². The molecule has 0 aromatic rings. The molecule has 0 radical (unpaired) electrons. The summed E-state index contributed by atoms with van der Waals surface area (Å²) in [6.45, 7) is 4.44. The Bertz CT molecular complexity index is 398. The number of carboxylic acids is 1. The quantitative estimate of drug-likeness (QED) is 0.693. The van der Waals surface area contributed by atoms with Crippen LogP contribution in [0.15, 0.2) is 12.2 Å². The molecular formula is C15H24N2O3. The van der Waals surface area contributed by atoms with Gasteiger partial charge in [0.05, 0.1) is 12.0 Å². The van der Waals surface area contributed by atoms with Crippen LogP contribution in [0.3, 0.4) is 0 Å². The average Bonchev–Trinajstić information content (AvgIpc) is 2.75. The molecule has 2 aliphatic rings. The first-order valence-corrected chi connectivity index (χ1v) is 7.42. The standard InChI is InChI=1S/C15H24N2O3/c1-9-5-10(2)7-13(6-9)17-15(20)16-12-4-3-11(8-12)14(18)19/h3-4,9-13H,5-8H2,1-2H3,(H,18,19)(H2,16,17,20). The van der Waals surface area contributed by atoms with Crippen molar-refractivity contribution in [1.29, 1.82) is 0 Å². The fourth-order valence-corrected chi connectivity index (χ4v) is 3.45. The van der Waals surface area contributed by atoms with Gasteiger partial charge in [-0.3, -0.25) is 4.79 Å². The largest absolute Gasteiger partial charge is 0.481 e. The minimum Gasteiger partial charge on any atom is -0.481 e. The van der Waals surface area contributed by atoms with E-state index in [-0.39, 0.29) is 18.1 Å². The Kier molecular flexibility index (Phi) is 4.68. The van der Waals surface area contributed by atoms with Crippen molar-refractivity contribution in [2.45, 2.75) is 51.6 Å². The van der Waals surface area contributed by atoms with Crippen LogP contribution in [0.4, 0.5) is 4.79 Å². The van der Waals surface area contributed by atoms with Gasteiger partial charge < -0.3 is 15.7 Å². The maximum absolute atomic E-state index is 12.0. The van der Waals surface area contributed by atoms with Crippen molar-refractivity contribution in [2.75, 3.05) is 0 Å². The third kappa shape index (κ3) is 3.99. The van der Waals surface area contributed by atoms with E-state index in [1.165, 1.54) is 6.42 Å². The zero-order valence-corrected chi connectivity index (χ0v) is 12.1. The van der Waals surface area contributed by atoms with Gasteiger partial charge in [-0.25, -0.2) is 4.79 Å². The van der Waals surface area contributed by atoms with Gasteiger partial charge in [0.25, 0.3) is 0 Å². The Balaban J connectivity index is 1.76. The van der Waals surface area contributed by atoms with E-state index in [4.69, 9.17) is 5.11 Å². The van der Waals surface area contributed by atoms with Crippen molar-refractivity contribution in [1.82, 2.24) is 10.6 Å². The summed E-state index contributed by atoms with van der Waals surface area (Å²) in [7, 11) is 0. The number of carbonyl (C=O) groups is 2. The van der Waals surface area contributed by atoms with Crippen LogP contribution in [0, 0.1) is 17.8 Å². The van der Waals surface area contributed by atoms with E-state index in [2.05, 4.69) is 24.5 Å². The molecule has 1 saturated carbocycles. The van der Waals surface area contributed by atoms with Crippen LogP contribution in [0.2, 0.25) is 0 Å². The van der Waals surface area contributed by atoms with Gasteiger partial charge in [0.1, 0.15) is 0 Å². The molecule has 0 spiro atoms. The highest BCUT2D eigenvalue weighted by molar-refractivity contribution is 5.76. The summed E-state index contributed by atoms with van der Waals surface area (Å²) in [5.74, 6) is -0.0189. The van der Waals surface area contributed by atoms with E-state index in [1.807, 2.05) is 0 Å². The molecule has 0 aliphatic heterocycles. The van der Waals surface area contributed by atoms with E-state index in [0.29, 0.717) is 18.3 Å². The number of rotatable bonds is 3. The summed E-state index contributed by atoms with van der Waals surface area (Å²) in [5.41, 5.74) is 0. The fraction of sp³-hybridized carbons (Fsp3) is 0.733. The highest BCUT2D eigenvalue weighted by atomic mass is 16.4. The highest BCUT2D eigenvalue weighted by Crippen LogP contribution is 2.28. The molecule has 0 saturated heterocycles. The van der Waals surface area contributed by atoms with Crippen molar-refractivity contribution < 1.29 is 14.7 Å². The number of carboxylic acid groups (broad SMARTS) is 1. The van der Waals surface area contributed by atoms with Crippen molar-refractivity contribution in [2.24, 2.45) is 17.8 Å². The number of hydrogen-bond donors (Lipinski definition) is 3. The van der Waals surface area contributed by atoms with Gasteiger partial charge >= 0.3 is 12.0 Å². The number of hydrogen-bond acceptors (Lipinski definition) is 2. The molecule has 0 aromatic carbocycles. The molecule has 0 bridgehead atoms. The Morgan fingerprint density at radius 1 is 1.00 bits per heavy atom. The molecule has 2 amide bonds. The van der Waals surface area contributed by atoms with Gasteiger partial charge in [-0.1, -0.05) is 26.0 Å². The molecule has 112 valence electrons. The summed E-state index contributed by atoms with van der Waals surface area (Å²) in [4.78, 5) is 22.8. The molecule has 2 rings (SSSR count). The van der Waals surface area contributed by atoms with Gasteiger partial charge in [-0.05, 0) is 37.5 Å². The fourth-order valence-electron chi connectivity index (χ4n) is 3.45. The second-order valence-electron chi connectivity index (χ2n) is 6.40. The summed E-state index contributed by atoms with van der Waals surface area (Å²) in [6, 6.07) is -0.124. The van der Waals surface area contributed by atoms with Gasteiger partial charge in [-0.15, -0.1) is 0 Å². The molecule has 5 heteroatoms. The van der Waals surface area contributed by atoms with Crippen molar-refractivity contribution in [3.8, 4) is 0 Å². The molecule has 2 aliphatic carbocycles. The van der Waals surface area contributed by atoms with E-state index in [1.54, 1.807) is 12.2 Å². The number of nitrogens with one attached hydrogen (secondary N) is 2. The monoisotopic (exact) mass is 280 g/mol. The second kappa shape index (κ2) is 6.29. The highest BCUT2D eigenvalue weighted by Gasteiger charge is 2.28. The molecule has 3 N–H and O–H groups in total. The number of carbonyl (C=O) groups excluding carboxylic acids is 1. The molecule has 1 fully saturated rings. The molecule has 5 nitrogen and oxygen atoms in total. The zero-order valence-electron chi connectivity index (χ0n) is 12.1. The molecule has 4 atom stereocenters.